The number of hydrogen-bond donors (Lipinski definition) is 2. The lowest BCUT2D eigenvalue weighted by atomic mass is 10.1. The van der Waals surface area contributed by atoms with E-state index in [1.165, 1.54) is 6.07 Å². The molecule has 1 saturated carbocycles. The molecule has 1 aromatic carbocycles. The van der Waals surface area contributed by atoms with Gasteiger partial charge >= 0.3 is 5.97 Å². The van der Waals surface area contributed by atoms with E-state index < -0.39 is 5.97 Å². The monoisotopic (exact) mass is 327 g/mol. The van der Waals surface area contributed by atoms with Crippen molar-refractivity contribution in [2.24, 2.45) is 0 Å². The number of nitrogens with zero attached hydrogens (tertiary/aromatic N) is 1. The van der Waals surface area contributed by atoms with E-state index in [0.717, 1.165) is 25.7 Å². The number of furan rings is 1. The average molecular weight is 327 g/mol. The van der Waals surface area contributed by atoms with Crippen LogP contribution >= 0.6 is 0 Å². The van der Waals surface area contributed by atoms with Gasteiger partial charge in [0.15, 0.2) is 11.3 Å². The maximum Gasteiger partial charge on any atom is 0.336 e. The van der Waals surface area contributed by atoms with Crippen LogP contribution in [0.1, 0.15) is 41.7 Å². The maximum absolute atomic E-state index is 11.6. The molecule has 0 amide bonds. The number of aryl methyl sites for hydroxylation is 1. The van der Waals surface area contributed by atoms with Gasteiger partial charge in [0.25, 0.3) is 0 Å². The van der Waals surface area contributed by atoms with Crippen molar-refractivity contribution in [1.29, 1.82) is 0 Å². The van der Waals surface area contributed by atoms with Crippen molar-refractivity contribution in [3.63, 3.8) is 0 Å². The topological polar surface area (TPSA) is 92.8 Å². The Morgan fingerprint density at radius 3 is 2.75 bits per heavy atom. The fraction of sp³-hybridized carbons (Fsp3) is 0.333. The van der Waals surface area contributed by atoms with Crippen molar-refractivity contribution >= 4 is 27.9 Å². The molecule has 2 heterocycles. The minimum atomic E-state index is -1.09. The third-order valence-corrected chi connectivity index (χ3v) is 4.50. The quantitative estimate of drug-likeness (QED) is 0.755. The number of aromatic carboxylic acids is 1. The van der Waals surface area contributed by atoms with Gasteiger partial charge in [0.2, 0.25) is 5.88 Å². The second-order valence-electron chi connectivity index (χ2n) is 6.21. The van der Waals surface area contributed by atoms with Gasteiger partial charge in [-0.05, 0) is 44.7 Å². The van der Waals surface area contributed by atoms with Crippen LogP contribution in [0.4, 0.5) is 0 Å². The van der Waals surface area contributed by atoms with Gasteiger partial charge in [0.05, 0.1) is 22.4 Å². The Hall–Kier alpha value is -2.76. The predicted octanol–water partition coefficient (Wildman–Crippen LogP) is 4.01. The Bertz CT molecular complexity index is 953. The van der Waals surface area contributed by atoms with Crippen LogP contribution in [0.5, 0.6) is 11.6 Å². The molecule has 6 heteroatoms. The maximum atomic E-state index is 11.6. The molecule has 2 aromatic heterocycles. The van der Waals surface area contributed by atoms with Gasteiger partial charge in [-0.1, -0.05) is 0 Å². The van der Waals surface area contributed by atoms with E-state index in [2.05, 4.69) is 4.98 Å². The standard InChI is InChI=1S/C18H17NO5/c1-9-8-13-15(17(20)19-9)14-11(18(21)22)6-7-12(16(14)24-13)23-10-4-2-3-5-10/h6-8,10H,2-5H2,1H3,(H,19,20)(H,21,22). The van der Waals surface area contributed by atoms with Gasteiger partial charge in [-0.2, -0.15) is 0 Å². The zero-order chi connectivity index (χ0) is 16.8. The summed E-state index contributed by atoms with van der Waals surface area (Å²) in [5.41, 5.74) is 1.40. The third kappa shape index (κ3) is 2.26. The molecule has 0 radical (unpaired) electrons. The summed E-state index contributed by atoms with van der Waals surface area (Å²) < 4.78 is 11.9. The number of ether oxygens (including phenoxy) is 1. The number of carboxylic acids is 1. The minimum Gasteiger partial charge on any atom is -0.493 e. The number of hydrogen-bond acceptors (Lipinski definition) is 5. The highest BCUT2D eigenvalue weighted by Gasteiger charge is 2.24. The number of carbonyl (C=O) groups is 1. The van der Waals surface area contributed by atoms with Crippen LogP contribution in [0.2, 0.25) is 0 Å². The van der Waals surface area contributed by atoms with E-state index in [0.29, 0.717) is 33.4 Å². The molecule has 1 aliphatic rings. The van der Waals surface area contributed by atoms with Crippen LogP contribution in [0.3, 0.4) is 0 Å². The highest BCUT2D eigenvalue weighted by molar-refractivity contribution is 6.17. The minimum absolute atomic E-state index is 0.0588. The zero-order valence-corrected chi connectivity index (χ0v) is 13.2. The number of aromatic nitrogens is 1. The van der Waals surface area contributed by atoms with Crippen molar-refractivity contribution in [2.75, 3.05) is 0 Å². The number of fused-ring (bicyclic) bond motifs is 3. The van der Waals surface area contributed by atoms with Crippen molar-refractivity contribution in [3.05, 3.63) is 29.5 Å². The summed E-state index contributed by atoms with van der Waals surface area (Å²) in [7, 11) is 0. The fourth-order valence-corrected chi connectivity index (χ4v) is 3.42. The largest absolute Gasteiger partial charge is 0.493 e. The summed E-state index contributed by atoms with van der Waals surface area (Å²) in [5.74, 6) is -0.811. The molecule has 6 nitrogen and oxygen atoms in total. The molecule has 0 spiro atoms. The summed E-state index contributed by atoms with van der Waals surface area (Å²) in [6, 6.07) is 4.80. The highest BCUT2D eigenvalue weighted by Crippen LogP contribution is 2.41. The van der Waals surface area contributed by atoms with E-state index in [-0.39, 0.29) is 17.5 Å². The van der Waals surface area contributed by atoms with Crippen LogP contribution in [0.15, 0.2) is 22.6 Å². The second kappa shape index (κ2) is 5.40. The lowest BCUT2D eigenvalue weighted by Crippen LogP contribution is -2.11. The smallest absolute Gasteiger partial charge is 0.336 e. The lowest BCUT2D eigenvalue weighted by Gasteiger charge is -2.13. The number of rotatable bonds is 3. The summed E-state index contributed by atoms with van der Waals surface area (Å²) in [5, 5.41) is 20.4. The van der Waals surface area contributed by atoms with E-state index in [1.54, 1.807) is 19.1 Å². The number of pyridine rings is 1. The number of carboxylic acid groups (broad SMARTS) is 1. The first-order chi connectivity index (χ1) is 11.5. The molecule has 0 bridgehead atoms. The summed E-state index contributed by atoms with van der Waals surface area (Å²) >= 11 is 0. The van der Waals surface area contributed by atoms with Gasteiger partial charge in [-0.25, -0.2) is 9.78 Å². The first-order valence-electron chi connectivity index (χ1n) is 8.00. The normalized spacial score (nSPS) is 15.4. The Kier molecular flexibility index (Phi) is 3.33. The molecule has 4 rings (SSSR count). The molecule has 1 fully saturated rings. The molecule has 3 aromatic rings. The summed E-state index contributed by atoms with van der Waals surface area (Å²) in [6.07, 6.45) is 4.34. The lowest BCUT2D eigenvalue weighted by molar-refractivity contribution is 0.0699. The molecule has 0 atom stereocenters. The van der Waals surface area contributed by atoms with E-state index in [4.69, 9.17) is 9.15 Å². The summed E-state index contributed by atoms with van der Waals surface area (Å²) in [4.78, 5) is 15.6. The number of benzene rings is 1. The SMILES string of the molecule is Cc1cc2oc3c(OC4CCCC4)ccc(C(=O)O)c3c2c(O)n1. The Morgan fingerprint density at radius 2 is 2.04 bits per heavy atom. The van der Waals surface area contributed by atoms with Crippen LogP contribution in [0, 0.1) is 6.92 Å². The van der Waals surface area contributed by atoms with Gasteiger partial charge in [-0.3, -0.25) is 0 Å². The Balaban J connectivity index is 2.00. The average Bonchev–Trinajstić information content (AvgIpc) is 3.14. The predicted molar refractivity (Wildman–Crippen MR) is 87.8 cm³/mol. The molecule has 0 aliphatic heterocycles. The van der Waals surface area contributed by atoms with Crippen molar-refractivity contribution in [2.45, 2.75) is 38.7 Å². The molecule has 124 valence electrons. The van der Waals surface area contributed by atoms with Crippen LogP contribution < -0.4 is 4.74 Å². The Labute approximate surface area is 137 Å². The molecule has 0 saturated heterocycles. The van der Waals surface area contributed by atoms with Crippen molar-refractivity contribution in [3.8, 4) is 11.6 Å². The third-order valence-electron chi connectivity index (χ3n) is 4.50. The van der Waals surface area contributed by atoms with Crippen LogP contribution in [0.25, 0.3) is 21.9 Å². The van der Waals surface area contributed by atoms with Crippen LogP contribution in [-0.4, -0.2) is 27.3 Å². The second-order valence-corrected chi connectivity index (χ2v) is 6.21. The molecule has 1 aliphatic carbocycles. The molecular formula is C18H17NO5. The first-order valence-corrected chi connectivity index (χ1v) is 8.00. The van der Waals surface area contributed by atoms with Crippen LogP contribution in [-0.2, 0) is 0 Å². The van der Waals surface area contributed by atoms with E-state index in [9.17, 15) is 15.0 Å². The molecule has 0 unspecified atom stereocenters. The van der Waals surface area contributed by atoms with Gasteiger partial charge in [-0.15, -0.1) is 0 Å². The Morgan fingerprint density at radius 1 is 1.29 bits per heavy atom. The summed E-state index contributed by atoms with van der Waals surface area (Å²) in [6.45, 7) is 1.74. The number of aromatic hydroxyl groups is 1. The zero-order valence-electron chi connectivity index (χ0n) is 13.2. The van der Waals surface area contributed by atoms with Gasteiger partial charge < -0.3 is 19.4 Å². The van der Waals surface area contributed by atoms with Gasteiger partial charge in [0.1, 0.15) is 5.58 Å². The van der Waals surface area contributed by atoms with Crippen molar-refractivity contribution < 1.29 is 24.2 Å². The van der Waals surface area contributed by atoms with E-state index >= 15 is 0 Å². The highest BCUT2D eigenvalue weighted by atomic mass is 16.5. The van der Waals surface area contributed by atoms with Crippen molar-refractivity contribution in [1.82, 2.24) is 4.98 Å². The van der Waals surface area contributed by atoms with E-state index in [1.807, 2.05) is 0 Å². The fourth-order valence-electron chi connectivity index (χ4n) is 3.42. The molecule has 2 N–H and O–H groups in total. The molecule has 24 heavy (non-hydrogen) atoms. The molecular weight excluding hydrogens is 310 g/mol. The van der Waals surface area contributed by atoms with Gasteiger partial charge in [0, 0.05) is 11.8 Å². The first kappa shape index (κ1) is 14.8.